The molecule has 0 N–H and O–H groups in total. The maximum absolute atomic E-state index is 9.21. The van der Waals surface area contributed by atoms with Crippen molar-refractivity contribution in [1.82, 2.24) is 4.90 Å². The maximum Gasteiger partial charge on any atom is 0.0672 e. The summed E-state index contributed by atoms with van der Waals surface area (Å²) in [4.78, 5) is 2.44. The molecule has 0 aliphatic heterocycles. The van der Waals surface area contributed by atoms with Gasteiger partial charge in [-0.15, -0.1) is 0 Å². The highest BCUT2D eigenvalue weighted by Gasteiger charge is 2.31. The molecule has 3 atom stereocenters. The fourth-order valence-electron chi connectivity index (χ4n) is 2.87. The SMILES string of the molecule is CCN(C(C)COC)C1CCCCC1C#N. The van der Waals surface area contributed by atoms with E-state index < -0.39 is 0 Å². The first-order valence-corrected chi connectivity index (χ1v) is 6.38. The van der Waals surface area contributed by atoms with Gasteiger partial charge in [-0.05, 0) is 26.3 Å². The molecule has 0 aromatic rings. The van der Waals surface area contributed by atoms with Crippen LogP contribution in [0.5, 0.6) is 0 Å². The Labute approximate surface area is 99.4 Å². The second-order valence-electron chi connectivity index (χ2n) is 4.72. The summed E-state index contributed by atoms with van der Waals surface area (Å²) >= 11 is 0. The van der Waals surface area contributed by atoms with Crippen molar-refractivity contribution < 1.29 is 4.74 Å². The number of hydrogen-bond acceptors (Lipinski definition) is 3. The van der Waals surface area contributed by atoms with Gasteiger partial charge in [-0.25, -0.2) is 0 Å². The topological polar surface area (TPSA) is 36.3 Å². The number of rotatable bonds is 5. The van der Waals surface area contributed by atoms with E-state index in [0.29, 0.717) is 12.1 Å². The zero-order valence-electron chi connectivity index (χ0n) is 10.8. The average Bonchev–Trinajstić information content (AvgIpc) is 2.31. The summed E-state index contributed by atoms with van der Waals surface area (Å²) in [6.45, 7) is 6.13. The summed E-state index contributed by atoms with van der Waals surface area (Å²) in [5, 5.41) is 9.21. The van der Waals surface area contributed by atoms with Gasteiger partial charge < -0.3 is 4.74 Å². The minimum atomic E-state index is 0.216. The molecule has 3 nitrogen and oxygen atoms in total. The lowest BCUT2D eigenvalue weighted by Crippen LogP contribution is -2.48. The van der Waals surface area contributed by atoms with Crippen molar-refractivity contribution in [2.75, 3.05) is 20.3 Å². The molecule has 1 aliphatic carbocycles. The van der Waals surface area contributed by atoms with Crippen LogP contribution >= 0.6 is 0 Å². The number of hydrogen-bond donors (Lipinski definition) is 0. The molecule has 1 fully saturated rings. The van der Waals surface area contributed by atoms with Crippen molar-refractivity contribution in [3.8, 4) is 6.07 Å². The molecule has 0 amide bonds. The van der Waals surface area contributed by atoms with E-state index in [4.69, 9.17) is 4.74 Å². The molecule has 0 radical (unpaired) electrons. The van der Waals surface area contributed by atoms with Crippen LogP contribution in [0.3, 0.4) is 0 Å². The van der Waals surface area contributed by atoms with Crippen molar-refractivity contribution in [2.45, 2.75) is 51.6 Å². The quantitative estimate of drug-likeness (QED) is 0.719. The molecule has 0 spiro atoms. The number of ether oxygens (including phenoxy) is 1. The molecule has 0 heterocycles. The van der Waals surface area contributed by atoms with E-state index in [1.54, 1.807) is 7.11 Å². The van der Waals surface area contributed by atoms with Gasteiger partial charge in [0.15, 0.2) is 0 Å². The van der Waals surface area contributed by atoms with Gasteiger partial charge in [0.05, 0.1) is 18.6 Å². The van der Waals surface area contributed by atoms with Crippen molar-refractivity contribution in [2.24, 2.45) is 5.92 Å². The highest BCUT2D eigenvalue weighted by Crippen LogP contribution is 2.29. The van der Waals surface area contributed by atoms with Crippen LogP contribution in [-0.4, -0.2) is 37.2 Å². The minimum absolute atomic E-state index is 0.216. The van der Waals surface area contributed by atoms with Crippen LogP contribution in [0.2, 0.25) is 0 Å². The summed E-state index contributed by atoms with van der Waals surface area (Å²) in [7, 11) is 1.74. The largest absolute Gasteiger partial charge is 0.383 e. The summed E-state index contributed by atoms with van der Waals surface area (Å²) in [5.41, 5.74) is 0. The Bertz CT molecular complexity index is 237. The van der Waals surface area contributed by atoms with E-state index in [1.165, 1.54) is 19.3 Å². The Balaban J connectivity index is 2.65. The zero-order valence-corrected chi connectivity index (χ0v) is 10.8. The molecule has 1 aliphatic rings. The molecule has 0 aromatic heterocycles. The molecule has 92 valence electrons. The number of nitriles is 1. The van der Waals surface area contributed by atoms with E-state index >= 15 is 0 Å². The fraction of sp³-hybridized carbons (Fsp3) is 0.923. The monoisotopic (exact) mass is 224 g/mol. The molecule has 0 aromatic carbocycles. The highest BCUT2D eigenvalue weighted by molar-refractivity contribution is 4.96. The molecular formula is C13H24N2O. The third-order valence-corrected chi connectivity index (χ3v) is 3.66. The Kier molecular flexibility index (Phi) is 5.79. The first-order valence-electron chi connectivity index (χ1n) is 6.38. The molecular weight excluding hydrogens is 200 g/mol. The second-order valence-corrected chi connectivity index (χ2v) is 4.72. The molecule has 1 rings (SSSR count). The predicted molar refractivity (Wildman–Crippen MR) is 65.1 cm³/mol. The third kappa shape index (κ3) is 3.20. The van der Waals surface area contributed by atoms with Gasteiger partial charge in [0.25, 0.3) is 0 Å². The lowest BCUT2D eigenvalue weighted by Gasteiger charge is -2.40. The normalized spacial score (nSPS) is 27.7. The van der Waals surface area contributed by atoms with Gasteiger partial charge in [0.1, 0.15) is 0 Å². The predicted octanol–water partition coefficient (Wildman–Crippen LogP) is 2.43. The zero-order chi connectivity index (χ0) is 12.0. The van der Waals surface area contributed by atoms with E-state index in [-0.39, 0.29) is 5.92 Å². The number of methoxy groups -OCH3 is 1. The molecule has 16 heavy (non-hydrogen) atoms. The van der Waals surface area contributed by atoms with Gasteiger partial charge >= 0.3 is 0 Å². The van der Waals surface area contributed by atoms with Crippen LogP contribution in [0.15, 0.2) is 0 Å². The summed E-state index contributed by atoms with van der Waals surface area (Å²) in [6.07, 6.45) is 4.71. The second kappa shape index (κ2) is 6.88. The van der Waals surface area contributed by atoms with Crippen molar-refractivity contribution >= 4 is 0 Å². The van der Waals surface area contributed by atoms with Crippen LogP contribution in [0, 0.1) is 17.2 Å². The highest BCUT2D eigenvalue weighted by atomic mass is 16.5. The summed E-state index contributed by atoms with van der Waals surface area (Å²) in [6, 6.07) is 3.33. The standard InChI is InChI=1S/C13H24N2O/c1-4-15(11(2)10-16-3)13-8-6-5-7-12(13)9-14/h11-13H,4-8,10H2,1-3H3. The van der Waals surface area contributed by atoms with E-state index in [2.05, 4.69) is 24.8 Å². The Morgan fingerprint density at radius 1 is 1.44 bits per heavy atom. The smallest absolute Gasteiger partial charge is 0.0672 e. The van der Waals surface area contributed by atoms with Crippen LogP contribution in [0.4, 0.5) is 0 Å². The molecule has 3 unspecified atom stereocenters. The van der Waals surface area contributed by atoms with Gasteiger partial charge in [-0.1, -0.05) is 19.8 Å². The molecule has 0 saturated heterocycles. The van der Waals surface area contributed by atoms with Crippen molar-refractivity contribution in [3.63, 3.8) is 0 Å². The molecule has 1 saturated carbocycles. The van der Waals surface area contributed by atoms with E-state index in [9.17, 15) is 5.26 Å². The minimum Gasteiger partial charge on any atom is -0.383 e. The Morgan fingerprint density at radius 3 is 2.69 bits per heavy atom. The molecule has 0 bridgehead atoms. The lowest BCUT2D eigenvalue weighted by atomic mass is 9.84. The Hall–Kier alpha value is -0.590. The lowest BCUT2D eigenvalue weighted by molar-refractivity contribution is 0.0458. The van der Waals surface area contributed by atoms with Crippen LogP contribution in [0.25, 0.3) is 0 Å². The number of likely N-dealkylation sites (N-methyl/N-ethyl adjacent to an activating group) is 1. The maximum atomic E-state index is 9.21. The van der Waals surface area contributed by atoms with Gasteiger partial charge in [0, 0.05) is 19.2 Å². The van der Waals surface area contributed by atoms with Gasteiger partial charge in [0.2, 0.25) is 0 Å². The summed E-state index contributed by atoms with van der Waals surface area (Å²) < 4.78 is 5.22. The van der Waals surface area contributed by atoms with Crippen LogP contribution < -0.4 is 0 Å². The van der Waals surface area contributed by atoms with Gasteiger partial charge in [-0.2, -0.15) is 5.26 Å². The van der Waals surface area contributed by atoms with Crippen molar-refractivity contribution in [3.05, 3.63) is 0 Å². The Morgan fingerprint density at radius 2 is 2.12 bits per heavy atom. The average molecular weight is 224 g/mol. The van der Waals surface area contributed by atoms with E-state index in [0.717, 1.165) is 19.6 Å². The van der Waals surface area contributed by atoms with Crippen molar-refractivity contribution in [1.29, 1.82) is 5.26 Å². The fourth-order valence-corrected chi connectivity index (χ4v) is 2.87. The first-order chi connectivity index (χ1) is 7.74. The third-order valence-electron chi connectivity index (χ3n) is 3.66. The molecule has 3 heteroatoms. The summed E-state index contributed by atoms with van der Waals surface area (Å²) in [5.74, 6) is 0.216. The van der Waals surface area contributed by atoms with Crippen LogP contribution in [0.1, 0.15) is 39.5 Å². The number of nitrogens with zero attached hydrogens (tertiary/aromatic N) is 2. The van der Waals surface area contributed by atoms with Crippen LogP contribution in [-0.2, 0) is 4.74 Å². The van der Waals surface area contributed by atoms with Gasteiger partial charge in [-0.3, -0.25) is 4.90 Å². The van der Waals surface area contributed by atoms with E-state index in [1.807, 2.05) is 0 Å². The first kappa shape index (κ1) is 13.5.